The fraction of sp³-hybridized carbons (Fsp3) is 0.500. The molecule has 0 spiro atoms. The Morgan fingerprint density at radius 2 is 2.00 bits per heavy atom. The number of aromatic nitrogens is 3. The summed E-state index contributed by atoms with van der Waals surface area (Å²) < 4.78 is 15.8. The molecule has 0 saturated heterocycles. The first-order valence-electron chi connectivity index (χ1n) is 7.91. The molecule has 0 aromatic carbocycles. The van der Waals surface area contributed by atoms with Crippen molar-refractivity contribution in [2.75, 3.05) is 7.11 Å². The first-order valence-corrected chi connectivity index (χ1v) is 7.91. The molecular formula is C16H20N4O4. The molecule has 1 fully saturated rings. The van der Waals surface area contributed by atoms with Gasteiger partial charge in [-0.2, -0.15) is 4.98 Å². The number of nitrogens with zero attached hydrogens (tertiary/aromatic N) is 3. The average molecular weight is 332 g/mol. The molecule has 0 atom stereocenters. The molecule has 0 aliphatic heterocycles. The Labute approximate surface area is 139 Å². The SMILES string of the molecule is COc1cncc(OC2CCC(NC(=O)c3cc(C)on3)CC2)n1. The molecule has 0 unspecified atom stereocenters. The van der Waals surface area contributed by atoms with Gasteiger partial charge in [0.2, 0.25) is 11.8 Å². The van der Waals surface area contributed by atoms with Crippen LogP contribution in [0.2, 0.25) is 0 Å². The molecule has 8 heteroatoms. The molecule has 1 N–H and O–H groups in total. The molecule has 128 valence electrons. The van der Waals surface area contributed by atoms with Crippen molar-refractivity contribution in [3.05, 3.63) is 29.9 Å². The zero-order chi connectivity index (χ0) is 16.9. The summed E-state index contributed by atoms with van der Waals surface area (Å²) in [4.78, 5) is 20.3. The molecule has 24 heavy (non-hydrogen) atoms. The summed E-state index contributed by atoms with van der Waals surface area (Å²) in [5.74, 6) is 1.31. The number of rotatable bonds is 5. The summed E-state index contributed by atoms with van der Waals surface area (Å²) in [5, 5.41) is 6.72. The van der Waals surface area contributed by atoms with E-state index in [2.05, 4.69) is 20.4 Å². The first kappa shape index (κ1) is 16.2. The van der Waals surface area contributed by atoms with E-state index in [1.165, 1.54) is 13.3 Å². The lowest BCUT2D eigenvalue weighted by Crippen LogP contribution is -2.39. The summed E-state index contributed by atoms with van der Waals surface area (Å²) in [5.41, 5.74) is 0.317. The Bertz CT molecular complexity index is 695. The van der Waals surface area contributed by atoms with Crippen LogP contribution in [0.5, 0.6) is 11.8 Å². The second kappa shape index (κ2) is 7.29. The maximum atomic E-state index is 12.1. The van der Waals surface area contributed by atoms with Crippen LogP contribution in [0.1, 0.15) is 41.9 Å². The number of hydrogen-bond donors (Lipinski definition) is 1. The van der Waals surface area contributed by atoms with Gasteiger partial charge in [0.15, 0.2) is 5.69 Å². The highest BCUT2D eigenvalue weighted by Crippen LogP contribution is 2.23. The molecule has 0 radical (unpaired) electrons. The number of carbonyl (C=O) groups excluding carboxylic acids is 1. The van der Waals surface area contributed by atoms with Crippen LogP contribution < -0.4 is 14.8 Å². The smallest absolute Gasteiger partial charge is 0.273 e. The third-order valence-electron chi connectivity index (χ3n) is 3.96. The van der Waals surface area contributed by atoms with Gasteiger partial charge in [-0.05, 0) is 32.6 Å². The predicted octanol–water partition coefficient (Wildman–Crippen LogP) is 1.90. The van der Waals surface area contributed by atoms with E-state index in [0.717, 1.165) is 25.7 Å². The number of nitrogens with one attached hydrogen (secondary N) is 1. The number of amides is 1. The van der Waals surface area contributed by atoms with Gasteiger partial charge in [-0.3, -0.25) is 9.78 Å². The second-order valence-corrected chi connectivity index (χ2v) is 5.79. The third kappa shape index (κ3) is 4.01. The van der Waals surface area contributed by atoms with Gasteiger partial charge >= 0.3 is 0 Å². The Morgan fingerprint density at radius 1 is 1.25 bits per heavy atom. The molecule has 2 aromatic heterocycles. The van der Waals surface area contributed by atoms with Gasteiger partial charge in [0.1, 0.15) is 11.9 Å². The summed E-state index contributed by atoms with van der Waals surface area (Å²) in [7, 11) is 1.54. The molecule has 3 rings (SSSR count). The van der Waals surface area contributed by atoms with E-state index in [-0.39, 0.29) is 18.1 Å². The summed E-state index contributed by atoms with van der Waals surface area (Å²) in [6, 6.07) is 1.75. The molecule has 2 heterocycles. The van der Waals surface area contributed by atoms with Gasteiger partial charge < -0.3 is 19.3 Å². The maximum absolute atomic E-state index is 12.1. The zero-order valence-electron chi connectivity index (χ0n) is 13.7. The van der Waals surface area contributed by atoms with E-state index in [0.29, 0.717) is 23.2 Å². The van der Waals surface area contributed by atoms with Crippen molar-refractivity contribution in [2.24, 2.45) is 0 Å². The average Bonchev–Trinajstić information content (AvgIpc) is 3.03. The van der Waals surface area contributed by atoms with Crippen molar-refractivity contribution < 1.29 is 18.8 Å². The number of methoxy groups -OCH3 is 1. The molecule has 1 amide bonds. The predicted molar refractivity (Wildman–Crippen MR) is 84.0 cm³/mol. The van der Waals surface area contributed by atoms with Crippen LogP contribution >= 0.6 is 0 Å². The molecular weight excluding hydrogens is 312 g/mol. The molecule has 1 aliphatic carbocycles. The molecule has 8 nitrogen and oxygen atoms in total. The highest BCUT2D eigenvalue weighted by atomic mass is 16.5. The van der Waals surface area contributed by atoms with Crippen molar-refractivity contribution in [3.8, 4) is 11.8 Å². The fourth-order valence-corrected chi connectivity index (χ4v) is 2.71. The van der Waals surface area contributed by atoms with Gasteiger partial charge in [-0.25, -0.2) is 0 Å². The lowest BCUT2D eigenvalue weighted by molar-refractivity contribution is 0.0880. The largest absolute Gasteiger partial charge is 0.480 e. The van der Waals surface area contributed by atoms with Gasteiger partial charge in [0.05, 0.1) is 19.5 Å². The molecule has 1 saturated carbocycles. The van der Waals surface area contributed by atoms with Gasteiger partial charge in [0.25, 0.3) is 5.91 Å². The van der Waals surface area contributed by atoms with Crippen LogP contribution in [-0.2, 0) is 0 Å². The lowest BCUT2D eigenvalue weighted by atomic mass is 9.93. The van der Waals surface area contributed by atoms with E-state index in [4.69, 9.17) is 14.0 Å². The van der Waals surface area contributed by atoms with E-state index in [1.807, 2.05) is 0 Å². The topological polar surface area (TPSA) is 99.4 Å². The summed E-state index contributed by atoms with van der Waals surface area (Å²) >= 11 is 0. The quantitative estimate of drug-likeness (QED) is 0.892. The summed E-state index contributed by atoms with van der Waals surface area (Å²) in [6.07, 6.45) is 6.51. The molecule has 1 aliphatic rings. The van der Waals surface area contributed by atoms with Crippen LogP contribution in [0.4, 0.5) is 0 Å². The van der Waals surface area contributed by atoms with Crippen molar-refractivity contribution in [3.63, 3.8) is 0 Å². The highest BCUT2D eigenvalue weighted by Gasteiger charge is 2.25. The molecule has 2 aromatic rings. The van der Waals surface area contributed by atoms with Gasteiger partial charge in [-0.1, -0.05) is 5.16 Å². The van der Waals surface area contributed by atoms with E-state index < -0.39 is 0 Å². The Hall–Kier alpha value is -2.64. The van der Waals surface area contributed by atoms with Crippen LogP contribution in [0.3, 0.4) is 0 Å². The zero-order valence-corrected chi connectivity index (χ0v) is 13.7. The van der Waals surface area contributed by atoms with Crippen molar-refractivity contribution in [1.82, 2.24) is 20.4 Å². The minimum atomic E-state index is -0.199. The van der Waals surface area contributed by atoms with Crippen LogP contribution in [0, 0.1) is 6.92 Å². The minimum Gasteiger partial charge on any atom is -0.480 e. The molecule has 0 bridgehead atoms. The number of hydrogen-bond acceptors (Lipinski definition) is 7. The van der Waals surface area contributed by atoms with Crippen molar-refractivity contribution in [1.29, 1.82) is 0 Å². The van der Waals surface area contributed by atoms with Crippen LogP contribution in [0.25, 0.3) is 0 Å². The fourth-order valence-electron chi connectivity index (χ4n) is 2.71. The van der Waals surface area contributed by atoms with E-state index in [9.17, 15) is 4.79 Å². The first-order chi connectivity index (χ1) is 11.6. The van der Waals surface area contributed by atoms with Gasteiger partial charge in [-0.15, -0.1) is 0 Å². The number of aryl methyl sites for hydroxylation is 1. The van der Waals surface area contributed by atoms with Crippen molar-refractivity contribution in [2.45, 2.75) is 44.8 Å². The Balaban J connectivity index is 1.47. The van der Waals surface area contributed by atoms with Crippen LogP contribution in [0.15, 0.2) is 23.0 Å². The third-order valence-corrected chi connectivity index (χ3v) is 3.96. The van der Waals surface area contributed by atoms with Crippen molar-refractivity contribution >= 4 is 5.91 Å². The normalized spacial score (nSPS) is 20.4. The Kier molecular flexibility index (Phi) is 4.93. The number of ether oxygens (including phenoxy) is 2. The lowest BCUT2D eigenvalue weighted by Gasteiger charge is -2.28. The Morgan fingerprint density at radius 3 is 2.67 bits per heavy atom. The maximum Gasteiger partial charge on any atom is 0.273 e. The van der Waals surface area contributed by atoms with E-state index in [1.54, 1.807) is 19.2 Å². The monoisotopic (exact) mass is 332 g/mol. The summed E-state index contributed by atoms with van der Waals surface area (Å²) in [6.45, 7) is 1.76. The number of carbonyl (C=O) groups is 1. The van der Waals surface area contributed by atoms with Gasteiger partial charge in [0, 0.05) is 12.1 Å². The minimum absolute atomic E-state index is 0.0638. The highest BCUT2D eigenvalue weighted by molar-refractivity contribution is 5.92. The standard InChI is InChI=1S/C16H20N4O4/c1-10-7-13(20-24-10)16(21)18-11-3-5-12(6-4-11)23-15-9-17-8-14(19-15)22-2/h7-9,11-12H,3-6H2,1-2H3,(H,18,21). The second-order valence-electron chi connectivity index (χ2n) is 5.79. The van der Waals surface area contributed by atoms with E-state index >= 15 is 0 Å². The van der Waals surface area contributed by atoms with Crippen LogP contribution in [-0.4, -0.2) is 40.3 Å².